The summed E-state index contributed by atoms with van der Waals surface area (Å²) in [4.78, 5) is 6.84. The number of benzene rings is 1. The van der Waals surface area contributed by atoms with E-state index in [1.165, 1.54) is 24.0 Å². The summed E-state index contributed by atoms with van der Waals surface area (Å²) >= 11 is 0. The molecule has 3 nitrogen and oxygen atoms in total. The molecule has 0 bridgehead atoms. The van der Waals surface area contributed by atoms with Gasteiger partial charge in [0.25, 0.3) is 0 Å². The van der Waals surface area contributed by atoms with Crippen molar-refractivity contribution in [1.82, 2.24) is 4.90 Å². The first-order valence-corrected chi connectivity index (χ1v) is 7.69. The second kappa shape index (κ2) is 4.80. The van der Waals surface area contributed by atoms with Crippen molar-refractivity contribution in [2.75, 3.05) is 6.54 Å². The average Bonchev–Trinajstić information content (AvgIpc) is 3.17. The maximum absolute atomic E-state index is 6.10. The second-order valence-corrected chi connectivity index (χ2v) is 6.84. The molecule has 1 saturated carbocycles. The van der Waals surface area contributed by atoms with Crippen molar-refractivity contribution in [3.8, 4) is 0 Å². The number of hydrogen-bond acceptors (Lipinski definition) is 3. The van der Waals surface area contributed by atoms with Crippen LogP contribution in [0.3, 0.4) is 0 Å². The SMILES string of the molecule is CC(C)Cc1ccc(C2(C)CN=C(N)N2C2CC2)cc1. The first-order valence-electron chi connectivity index (χ1n) is 7.69. The fourth-order valence-corrected chi connectivity index (χ4v) is 3.26. The molecule has 0 amide bonds. The first-order chi connectivity index (χ1) is 9.50. The lowest BCUT2D eigenvalue weighted by molar-refractivity contribution is 0.216. The van der Waals surface area contributed by atoms with Crippen LogP contribution in [0, 0.1) is 5.92 Å². The molecule has 1 aliphatic heterocycles. The summed E-state index contributed by atoms with van der Waals surface area (Å²) in [5.74, 6) is 1.42. The van der Waals surface area contributed by atoms with Crippen LogP contribution in [0.4, 0.5) is 0 Å². The highest BCUT2D eigenvalue weighted by Gasteiger charge is 2.46. The molecule has 1 fully saturated rings. The Bertz CT molecular complexity index is 514. The Morgan fingerprint density at radius 1 is 1.30 bits per heavy atom. The van der Waals surface area contributed by atoms with E-state index in [0.717, 1.165) is 18.9 Å². The molecule has 0 aromatic heterocycles. The number of aliphatic imine (C=N–C) groups is 1. The topological polar surface area (TPSA) is 41.6 Å². The van der Waals surface area contributed by atoms with Crippen LogP contribution in [0.25, 0.3) is 0 Å². The molecule has 2 aliphatic rings. The Hall–Kier alpha value is -1.51. The smallest absolute Gasteiger partial charge is 0.192 e. The molecule has 3 rings (SSSR count). The molecule has 1 atom stereocenters. The van der Waals surface area contributed by atoms with E-state index in [4.69, 9.17) is 5.73 Å². The molecule has 0 spiro atoms. The normalized spacial score (nSPS) is 26.2. The molecule has 1 heterocycles. The van der Waals surface area contributed by atoms with Gasteiger partial charge in [-0.3, -0.25) is 4.99 Å². The summed E-state index contributed by atoms with van der Waals surface area (Å²) in [5, 5.41) is 0. The van der Waals surface area contributed by atoms with Crippen molar-refractivity contribution in [2.45, 2.75) is 51.6 Å². The number of hydrogen-bond donors (Lipinski definition) is 1. The van der Waals surface area contributed by atoms with Crippen LogP contribution in [0.1, 0.15) is 44.7 Å². The molecular weight excluding hydrogens is 246 g/mol. The lowest BCUT2D eigenvalue weighted by atomic mass is 9.89. The molecule has 2 N–H and O–H groups in total. The van der Waals surface area contributed by atoms with Crippen LogP contribution < -0.4 is 5.73 Å². The molecule has 0 radical (unpaired) electrons. The molecule has 3 heteroatoms. The molecule has 108 valence electrons. The summed E-state index contributed by atoms with van der Waals surface area (Å²) in [6.45, 7) is 7.57. The molecular formula is C17H25N3. The summed E-state index contributed by atoms with van der Waals surface area (Å²) in [7, 11) is 0. The zero-order chi connectivity index (χ0) is 14.3. The van der Waals surface area contributed by atoms with Crippen molar-refractivity contribution < 1.29 is 0 Å². The molecule has 1 unspecified atom stereocenters. The van der Waals surface area contributed by atoms with E-state index >= 15 is 0 Å². The van der Waals surface area contributed by atoms with Gasteiger partial charge < -0.3 is 10.6 Å². The Morgan fingerprint density at radius 3 is 2.50 bits per heavy atom. The van der Waals surface area contributed by atoms with Gasteiger partial charge in [0.1, 0.15) is 0 Å². The predicted octanol–water partition coefficient (Wildman–Crippen LogP) is 2.89. The third kappa shape index (κ3) is 2.30. The third-order valence-corrected chi connectivity index (χ3v) is 4.46. The summed E-state index contributed by atoms with van der Waals surface area (Å²) in [6, 6.07) is 9.66. The van der Waals surface area contributed by atoms with Gasteiger partial charge in [-0.2, -0.15) is 0 Å². The standard InChI is InChI=1S/C17H25N3/c1-12(2)10-13-4-6-14(7-5-13)17(3)11-19-16(18)20(17)15-8-9-15/h4-7,12,15H,8-11H2,1-3H3,(H2,18,19). The Kier molecular flexibility index (Phi) is 3.23. The first kappa shape index (κ1) is 13.5. The van der Waals surface area contributed by atoms with Crippen molar-refractivity contribution in [2.24, 2.45) is 16.6 Å². The molecule has 0 saturated heterocycles. The van der Waals surface area contributed by atoms with Gasteiger partial charge in [0, 0.05) is 6.04 Å². The fourth-order valence-electron chi connectivity index (χ4n) is 3.26. The average molecular weight is 271 g/mol. The van der Waals surface area contributed by atoms with E-state index in [1.54, 1.807) is 0 Å². The monoisotopic (exact) mass is 271 g/mol. The minimum Gasteiger partial charge on any atom is -0.370 e. The maximum Gasteiger partial charge on any atom is 0.192 e. The van der Waals surface area contributed by atoms with Gasteiger partial charge in [-0.05, 0) is 43.2 Å². The number of guanidine groups is 1. The van der Waals surface area contributed by atoms with E-state index in [2.05, 4.69) is 54.9 Å². The minimum absolute atomic E-state index is 0.0540. The molecule has 1 aromatic rings. The number of rotatable bonds is 4. The zero-order valence-electron chi connectivity index (χ0n) is 12.8. The fraction of sp³-hybridized carbons (Fsp3) is 0.588. The van der Waals surface area contributed by atoms with Crippen LogP contribution >= 0.6 is 0 Å². The van der Waals surface area contributed by atoms with Crippen LogP contribution in [0.2, 0.25) is 0 Å². The van der Waals surface area contributed by atoms with Gasteiger partial charge in [-0.25, -0.2) is 0 Å². The molecule has 1 aliphatic carbocycles. The zero-order valence-corrected chi connectivity index (χ0v) is 12.8. The number of nitrogens with two attached hydrogens (primary N) is 1. The quantitative estimate of drug-likeness (QED) is 0.915. The highest BCUT2D eigenvalue weighted by Crippen LogP contribution is 2.41. The Morgan fingerprint density at radius 2 is 1.95 bits per heavy atom. The highest BCUT2D eigenvalue weighted by atomic mass is 15.4. The largest absolute Gasteiger partial charge is 0.370 e. The van der Waals surface area contributed by atoms with Crippen LogP contribution in [-0.2, 0) is 12.0 Å². The molecule has 1 aromatic carbocycles. The van der Waals surface area contributed by atoms with Gasteiger partial charge in [0.05, 0.1) is 12.1 Å². The summed E-state index contributed by atoms with van der Waals surface area (Å²) in [6.07, 6.45) is 3.64. The molecule has 20 heavy (non-hydrogen) atoms. The van der Waals surface area contributed by atoms with Crippen molar-refractivity contribution >= 4 is 5.96 Å². The maximum atomic E-state index is 6.10. The highest BCUT2D eigenvalue weighted by molar-refractivity contribution is 5.82. The predicted molar refractivity (Wildman–Crippen MR) is 83.7 cm³/mol. The number of nitrogens with zero attached hydrogens (tertiary/aromatic N) is 2. The van der Waals surface area contributed by atoms with Crippen molar-refractivity contribution in [3.63, 3.8) is 0 Å². The van der Waals surface area contributed by atoms with E-state index < -0.39 is 0 Å². The second-order valence-electron chi connectivity index (χ2n) is 6.84. The lowest BCUT2D eigenvalue weighted by Gasteiger charge is -2.37. The van der Waals surface area contributed by atoms with E-state index in [-0.39, 0.29) is 5.54 Å². The van der Waals surface area contributed by atoms with E-state index in [9.17, 15) is 0 Å². The van der Waals surface area contributed by atoms with E-state index in [0.29, 0.717) is 12.0 Å². The van der Waals surface area contributed by atoms with Crippen molar-refractivity contribution in [3.05, 3.63) is 35.4 Å². The van der Waals surface area contributed by atoms with Crippen LogP contribution in [0.5, 0.6) is 0 Å². The summed E-state index contributed by atoms with van der Waals surface area (Å²) in [5.41, 5.74) is 8.80. The summed E-state index contributed by atoms with van der Waals surface area (Å²) < 4.78 is 0. The van der Waals surface area contributed by atoms with Gasteiger partial charge in [-0.1, -0.05) is 38.1 Å². The minimum atomic E-state index is -0.0540. The van der Waals surface area contributed by atoms with Gasteiger partial charge in [0.15, 0.2) is 5.96 Å². The van der Waals surface area contributed by atoms with Gasteiger partial charge >= 0.3 is 0 Å². The van der Waals surface area contributed by atoms with Crippen molar-refractivity contribution in [1.29, 1.82) is 0 Å². The van der Waals surface area contributed by atoms with Crippen LogP contribution in [0.15, 0.2) is 29.3 Å². The van der Waals surface area contributed by atoms with E-state index in [1.807, 2.05) is 0 Å². The van der Waals surface area contributed by atoms with Gasteiger partial charge in [-0.15, -0.1) is 0 Å². The Balaban J connectivity index is 1.84. The van der Waals surface area contributed by atoms with Crippen LogP contribution in [-0.4, -0.2) is 23.4 Å². The lowest BCUT2D eigenvalue weighted by Crippen LogP contribution is -2.48. The van der Waals surface area contributed by atoms with Gasteiger partial charge in [0.2, 0.25) is 0 Å². The third-order valence-electron chi connectivity index (χ3n) is 4.46. The Labute approximate surface area is 121 Å².